The lowest BCUT2D eigenvalue weighted by Crippen LogP contribution is -2.33. The summed E-state index contributed by atoms with van der Waals surface area (Å²) in [7, 11) is 0. The van der Waals surface area contributed by atoms with Crippen molar-refractivity contribution in [2.75, 3.05) is 6.54 Å². The van der Waals surface area contributed by atoms with Gasteiger partial charge in [0, 0.05) is 6.04 Å². The summed E-state index contributed by atoms with van der Waals surface area (Å²) < 4.78 is 0. The Balaban J connectivity index is 0.00000112. The monoisotopic (exact) mass is 310 g/mol. The van der Waals surface area contributed by atoms with Gasteiger partial charge in [0.1, 0.15) is 0 Å². The van der Waals surface area contributed by atoms with Gasteiger partial charge in [-0.15, -0.1) is 0 Å². The van der Waals surface area contributed by atoms with E-state index in [-0.39, 0.29) is 0 Å². The topological polar surface area (TPSA) is 35.8 Å². The Morgan fingerprint density at radius 2 is 1.17 bits per heavy atom. The van der Waals surface area contributed by atoms with Gasteiger partial charge in [-0.2, -0.15) is 5.26 Å². The standard InChI is InChI=1S/C17H18N2.2C2H6/c18-11-12-19-17(13-15-7-3-1-4-8-15)14-16-9-5-2-6-10-16;2*1-2/h1-10,17,19H,12-14H2;2*1-2H3. The molecule has 0 saturated carbocycles. The predicted octanol–water partition coefficient (Wildman–Crippen LogP) is 5.01. The third-order valence-electron chi connectivity index (χ3n) is 3.12. The highest BCUT2D eigenvalue weighted by atomic mass is 14.9. The molecule has 0 aliphatic carbocycles. The zero-order valence-electron chi connectivity index (χ0n) is 14.9. The first-order chi connectivity index (χ1) is 11.4. The molecule has 2 heteroatoms. The first-order valence-electron chi connectivity index (χ1n) is 8.56. The van der Waals surface area contributed by atoms with Gasteiger partial charge < -0.3 is 5.32 Å². The van der Waals surface area contributed by atoms with Crippen molar-refractivity contribution in [3.8, 4) is 6.07 Å². The van der Waals surface area contributed by atoms with E-state index in [1.165, 1.54) is 11.1 Å². The van der Waals surface area contributed by atoms with Gasteiger partial charge in [-0.05, 0) is 24.0 Å². The summed E-state index contributed by atoms with van der Waals surface area (Å²) in [5.74, 6) is 0. The Morgan fingerprint density at radius 3 is 1.52 bits per heavy atom. The second kappa shape index (κ2) is 14.8. The minimum atomic E-state index is 0.296. The van der Waals surface area contributed by atoms with E-state index in [0.717, 1.165) is 12.8 Å². The van der Waals surface area contributed by atoms with Crippen LogP contribution in [0.25, 0.3) is 0 Å². The molecule has 0 amide bonds. The van der Waals surface area contributed by atoms with Gasteiger partial charge in [-0.3, -0.25) is 0 Å². The van der Waals surface area contributed by atoms with Crippen LogP contribution in [0, 0.1) is 11.3 Å². The molecule has 0 heterocycles. The van der Waals surface area contributed by atoms with Gasteiger partial charge >= 0.3 is 0 Å². The van der Waals surface area contributed by atoms with Crippen molar-refractivity contribution in [2.45, 2.75) is 46.6 Å². The number of rotatable bonds is 6. The van der Waals surface area contributed by atoms with Crippen LogP contribution < -0.4 is 5.32 Å². The summed E-state index contributed by atoms with van der Waals surface area (Å²) >= 11 is 0. The number of hydrogen-bond donors (Lipinski definition) is 1. The van der Waals surface area contributed by atoms with E-state index in [4.69, 9.17) is 5.26 Å². The number of nitrogens with zero attached hydrogens (tertiary/aromatic N) is 1. The Labute approximate surface area is 142 Å². The molecule has 23 heavy (non-hydrogen) atoms. The van der Waals surface area contributed by atoms with Crippen molar-refractivity contribution in [1.82, 2.24) is 5.32 Å². The van der Waals surface area contributed by atoms with Crippen LogP contribution in [0.5, 0.6) is 0 Å². The van der Waals surface area contributed by atoms with Gasteiger partial charge in [-0.1, -0.05) is 88.4 Å². The van der Waals surface area contributed by atoms with Gasteiger partial charge in [-0.25, -0.2) is 0 Å². The zero-order chi connectivity index (χ0) is 17.3. The minimum Gasteiger partial charge on any atom is -0.301 e. The highest BCUT2D eigenvalue weighted by Crippen LogP contribution is 2.09. The molecular weight excluding hydrogens is 280 g/mol. The smallest absolute Gasteiger partial charge is 0.0843 e. The van der Waals surface area contributed by atoms with E-state index < -0.39 is 0 Å². The van der Waals surface area contributed by atoms with Crippen LogP contribution in [-0.4, -0.2) is 12.6 Å². The number of hydrogen-bond acceptors (Lipinski definition) is 2. The Hall–Kier alpha value is -2.11. The molecule has 0 spiro atoms. The first-order valence-corrected chi connectivity index (χ1v) is 8.56. The third kappa shape index (κ3) is 9.50. The highest BCUT2D eigenvalue weighted by Gasteiger charge is 2.09. The third-order valence-corrected chi connectivity index (χ3v) is 3.12. The van der Waals surface area contributed by atoms with E-state index in [2.05, 4.69) is 59.9 Å². The average Bonchev–Trinajstić information content (AvgIpc) is 2.65. The SMILES string of the molecule is CC.CC.N#CCNC(Cc1ccccc1)Cc1ccccc1. The van der Waals surface area contributed by atoms with Crippen molar-refractivity contribution in [3.05, 3.63) is 71.8 Å². The summed E-state index contributed by atoms with van der Waals surface area (Å²) in [5.41, 5.74) is 2.60. The molecule has 0 saturated heterocycles. The molecule has 0 atom stereocenters. The van der Waals surface area contributed by atoms with Crippen LogP contribution in [0.2, 0.25) is 0 Å². The molecule has 2 rings (SSSR count). The molecule has 0 aliphatic heterocycles. The van der Waals surface area contributed by atoms with Gasteiger partial charge in [0.05, 0.1) is 12.6 Å². The molecular formula is C21H30N2. The molecule has 2 nitrogen and oxygen atoms in total. The molecule has 2 aromatic carbocycles. The maximum absolute atomic E-state index is 8.73. The van der Waals surface area contributed by atoms with E-state index in [1.807, 2.05) is 39.8 Å². The fourth-order valence-corrected chi connectivity index (χ4v) is 2.20. The van der Waals surface area contributed by atoms with Crippen molar-refractivity contribution in [2.24, 2.45) is 0 Å². The maximum atomic E-state index is 8.73. The van der Waals surface area contributed by atoms with E-state index in [1.54, 1.807) is 0 Å². The zero-order valence-corrected chi connectivity index (χ0v) is 14.9. The Morgan fingerprint density at radius 1 is 0.783 bits per heavy atom. The molecule has 0 unspecified atom stereocenters. The van der Waals surface area contributed by atoms with Gasteiger partial charge in [0.2, 0.25) is 0 Å². The molecule has 2 aromatic rings. The van der Waals surface area contributed by atoms with Crippen LogP contribution in [-0.2, 0) is 12.8 Å². The lowest BCUT2D eigenvalue weighted by molar-refractivity contribution is 0.536. The van der Waals surface area contributed by atoms with Crippen LogP contribution in [0.4, 0.5) is 0 Å². The normalized spacial score (nSPS) is 9.04. The van der Waals surface area contributed by atoms with Crippen LogP contribution in [0.15, 0.2) is 60.7 Å². The largest absolute Gasteiger partial charge is 0.301 e. The second-order valence-electron chi connectivity index (χ2n) is 4.62. The Kier molecular flexibility index (Phi) is 13.5. The number of nitrogens with one attached hydrogen (secondary N) is 1. The van der Waals surface area contributed by atoms with Crippen LogP contribution in [0.1, 0.15) is 38.8 Å². The summed E-state index contributed by atoms with van der Waals surface area (Å²) in [4.78, 5) is 0. The molecule has 0 bridgehead atoms. The van der Waals surface area contributed by atoms with Gasteiger partial charge in [0.25, 0.3) is 0 Å². The summed E-state index contributed by atoms with van der Waals surface area (Å²) in [5, 5.41) is 12.0. The van der Waals surface area contributed by atoms with Crippen molar-refractivity contribution in [3.63, 3.8) is 0 Å². The lowest BCUT2D eigenvalue weighted by Gasteiger charge is -2.17. The molecule has 0 aromatic heterocycles. The van der Waals surface area contributed by atoms with Crippen LogP contribution >= 0.6 is 0 Å². The fourth-order valence-electron chi connectivity index (χ4n) is 2.20. The molecule has 0 aliphatic rings. The van der Waals surface area contributed by atoms with Crippen molar-refractivity contribution >= 4 is 0 Å². The molecule has 1 N–H and O–H groups in total. The predicted molar refractivity (Wildman–Crippen MR) is 100 cm³/mol. The van der Waals surface area contributed by atoms with E-state index >= 15 is 0 Å². The Bertz CT molecular complexity index is 473. The van der Waals surface area contributed by atoms with Crippen molar-refractivity contribution < 1.29 is 0 Å². The summed E-state index contributed by atoms with van der Waals surface area (Å²) in [6, 6.07) is 23.2. The number of benzene rings is 2. The number of nitriles is 1. The minimum absolute atomic E-state index is 0.296. The quantitative estimate of drug-likeness (QED) is 0.762. The van der Waals surface area contributed by atoms with Crippen LogP contribution in [0.3, 0.4) is 0 Å². The highest BCUT2D eigenvalue weighted by molar-refractivity contribution is 5.19. The van der Waals surface area contributed by atoms with E-state index in [0.29, 0.717) is 12.6 Å². The van der Waals surface area contributed by atoms with E-state index in [9.17, 15) is 0 Å². The summed E-state index contributed by atoms with van der Waals surface area (Å²) in [6.07, 6.45) is 1.88. The maximum Gasteiger partial charge on any atom is 0.0843 e. The van der Waals surface area contributed by atoms with Gasteiger partial charge in [0.15, 0.2) is 0 Å². The van der Waals surface area contributed by atoms with Crippen molar-refractivity contribution in [1.29, 1.82) is 5.26 Å². The lowest BCUT2D eigenvalue weighted by atomic mass is 9.99. The molecule has 0 radical (unpaired) electrons. The average molecular weight is 310 g/mol. The summed E-state index contributed by atoms with van der Waals surface area (Å²) in [6.45, 7) is 8.39. The second-order valence-corrected chi connectivity index (χ2v) is 4.62. The molecule has 0 fully saturated rings. The first kappa shape index (κ1) is 20.9. The fraction of sp³-hybridized carbons (Fsp3) is 0.381. The molecule has 124 valence electrons.